The lowest BCUT2D eigenvalue weighted by atomic mass is 10.2. The molecule has 1 amide bonds. The van der Waals surface area contributed by atoms with Crippen molar-refractivity contribution in [2.24, 2.45) is 0 Å². The van der Waals surface area contributed by atoms with Crippen LogP contribution in [0.4, 0.5) is 10.1 Å². The van der Waals surface area contributed by atoms with Gasteiger partial charge in [0.2, 0.25) is 5.91 Å². The first-order valence-corrected chi connectivity index (χ1v) is 9.27. The molecular weight excluding hydrogens is 385 g/mol. The largest absolute Gasteiger partial charge is 0.495 e. The van der Waals surface area contributed by atoms with E-state index >= 15 is 0 Å². The summed E-state index contributed by atoms with van der Waals surface area (Å²) in [7, 11) is 1.49. The lowest BCUT2D eigenvalue weighted by Gasteiger charge is -2.36. The molecule has 0 bridgehead atoms. The van der Waals surface area contributed by atoms with Crippen LogP contribution < -0.4 is 9.64 Å². The normalized spacial score (nSPS) is 14.5. The number of pyridine rings is 1. The molecule has 0 radical (unpaired) electrons. The molecule has 1 aliphatic heterocycles. The van der Waals surface area contributed by atoms with Crippen molar-refractivity contribution in [1.82, 2.24) is 19.7 Å². The quantitative estimate of drug-likeness (QED) is 0.670. The van der Waals surface area contributed by atoms with Crippen molar-refractivity contribution in [1.29, 1.82) is 0 Å². The van der Waals surface area contributed by atoms with Crippen molar-refractivity contribution in [3.63, 3.8) is 0 Å². The van der Waals surface area contributed by atoms with Gasteiger partial charge in [0.1, 0.15) is 23.6 Å². The second kappa shape index (κ2) is 7.63. The maximum Gasteiger partial charge on any atom is 0.244 e. The van der Waals surface area contributed by atoms with Crippen molar-refractivity contribution in [3.05, 3.63) is 47.5 Å². The van der Waals surface area contributed by atoms with E-state index in [2.05, 4.69) is 10.1 Å². The molecular formula is C19H19ClFN5O2. The van der Waals surface area contributed by atoms with Gasteiger partial charge in [-0.3, -0.25) is 14.5 Å². The molecule has 3 heterocycles. The number of carbonyl (C=O) groups is 1. The molecule has 1 aliphatic rings. The predicted octanol–water partition coefficient (Wildman–Crippen LogP) is 2.58. The van der Waals surface area contributed by atoms with Crippen LogP contribution >= 0.6 is 11.6 Å². The number of fused-ring (bicyclic) bond motifs is 1. The van der Waals surface area contributed by atoms with Gasteiger partial charge in [-0.25, -0.2) is 4.39 Å². The number of amides is 1. The zero-order chi connectivity index (χ0) is 19.7. The Morgan fingerprint density at radius 2 is 2.07 bits per heavy atom. The summed E-state index contributed by atoms with van der Waals surface area (Å²) in [6.07, 6.45) is 3.34. The molecule has 9 heteroatoms. The molecule has 0 atom stereocenters. The number of carbonyl (C=O) groups excluding carboxylic acids is 1. The molecule has 0 unspecified atom stereocenters. The second-order valence-corrected chi connectivity index (χ2v) is 6.92. The van der Waals surface area contributed by atoms with Crippen molar-refractivity contribution in [3.8, 4) is 5.75 Å². The van der Waals surface area contributed by atoms with Gasteiger partial charge in [-0.2, -0.15) is 5.10 Å². The first kappa shape index (κ1) is 18.5. The van der Waals surface area contributed by atoms with E-state index < -0.39 is 5.82 Å². The highest BCUT2D eigenvalue weighted by Crippen LogP contribution is 2.32. The maximum atomic E-state index is 14.3. The summed E-state index contributed by atoms with van der Waals surface area (Å²) in [6.45, 7) is 2.20. The number of hydrogen-bond donors (Lipinski definition) is 0. The Morgan fingerprint density at radius 3 is 2.82 bits per heavy atom. The molecule has 3 aromatic rings. The van der Waals surface area contributed by atoms with Crippen molar-refractivity contribution in [2.45, 2.75) is 6.54 Å². The highest BCUT2D eigenvalue weighted by molar-refractivity contribution is 6.32. The molecule has 2 aromatic heterocycles. The van der Waals surface area contributed by atoms with Crippen molar-refractivity contribution < 1.29 is 13.9 Å². The minimum absolute atomic E-state index is 0.0253. The van der Waals surface area contributed by atoms with E-state index in [1.807, 2.05) is 17.0 Å². The molecule has 4 rings (SSSR count). The van der Waals surface area contributed by atoms with Crippen LogP contribution in [0.15, 0.2) is 36.7 Å². The van der Waals surface area contributed by atoms with Gasteiger partial charge in [0.15, 0.2) is 0 Å². The van der Waals surface area contributed by atoms with Crippen LogP contribution in [0.5, 0.6) is 5.75 Å². The smallest absolute Gasteiger partial charge is 0.244 e. The van der Waals surface area contributed by atoms with E-state index in [-0.39, 0.29) is 17.5 Å². The fraction of sp³-hybridized carbons (Fsp3) is 0.316. The Morgan fingerprint density at radius 1 is 1.29 bits per heavy atom. The number of halogens is 2. The minimum atomic E-state index is -0.402. The summed E-state index contributed by atoms with van der Waals surface area (Å²) in [5, 5.41) is 4.49. The van der Waals surface area contributed by atoms with Gasteiger partial charge in [-0.1, -0.05) is 11.6 Å². The zero-order valence-corrected chi connectivity index (χ0v) is 16.1. The number of ether oxygens (including phenoxy) is 1. The minimum Gasteiger partial charge on any atom is -0.495 e. The van der Waals surface area contributed by atoms with Crippen LogP contribution in [0.25, 0.3) is 11.0 Å². The number of anilines is 1. The van der Waals surface area contributed by atoms with E-state index in [1.54, 1.807) is 28.0 Å². The first-order valence-electron chi connectivity index (χ1n) is 8.89. The molecule has 7 nitrogen and oxygen atoms in total. The Balaban J connectivity index is 1.42. The summed E-state index contributed by atoms with van der Waals surface area (Å²) in [5.74, 6) is -0.000471. The SMILES string of the molecule is COc1cc(N2CCN(C(=O)Cn3ncc4ncccc43)CC2)c(F)cc1Cl. The number of benzene rings is 1. The molecule has 1 fully saturated rings. The average Bonchev–Trinajstić information content (AvgIpc) is 3.11. The molecule has 146 valence electrons. The summed E-state index contributed by atoms with van der Waals surface area (Å²) < 4.78 is 21.2. The Labute approximate surface area is 166 Å². The second-order valence-electron chi connectivity index (χ2n) is 6.52. The molecule has 0 saturated carbocycles. The van der Waals surface area contributed by atoms with Crippen molar-refractivity contribution in [2.75, 3.05) is 38.2 Å². The van der Waals surface area contributed by atoms with Crippen LogP contribution in [0.3, 0.4) is 0 Å². The fourth-order valence-electron chi connectivity index (χ4n) is 3.38. The number of methoxy groups -OCH3 is 1. The Bertz CT molecular complexity index is 1020. The third kappa shape index (κ3) is 3.47. The molecule has 28 heavy (non-hydrogen) atoms. The summed E-state index contributed by atoms with van der Waals surface area (Å²) in [4.78, 5) is 20.6. The van der Waals surface area contributed by atoms with Crippen LogP contribution in [-0.2, 0) is 11.3 Å². The number of hydrogen-bond acceptors (Lipinski definition) is 5. The van der Waals surface area contributed by atoms with Crippen molar-refractivity contribution >= 4 is 34.2 Å². The molecule has 0 N–H and O–H groups in total. The van der Waals surface area contributed by atoms with E-state index in [4.69, 9.17) is 16.3 Å². The van der Waals surface area contributed by atoms with Gasteiger partial charge in [0.05, 0.1) is 29.5 Å². The average molecular weight is 404 g/mol. The van der Waals surface area contributed by atoms with Crippen LogP contribution in [0.2, 0.25) is 5.02 Å². The number of nitrogens with zero attached hydrogens (tertiary/aromatic N) is 5. The zero-order valence-electron chi connectivity index (χ0n) is 15.3. The molecule has 0 spiro atoms. The lowest BCUT2D eigenvalue weighted by Crippen LogP contribution is -2.49. The van der Waals surface area contributed by atoms with Gasteiger partial charge < -0.3 is 14.5 Å². The number of aromatic nitrogens is 3. The van der Waals surface area contributed by atoms with E-state index in [0.717, 1.165) is 11.0 Å². The molecule has 0 aliphatic carbocycles. The van der Waals surface area contributed by atoms with Crippen LogP contribution in [-0.4, -0.2) is 58.9 Å². The fourth-order valence-corrected chi connectivity index (χ4v) is 3.61. The van der Waals surface area contributed by atoms with Gasteiger partial charge in [-0.15, -0.1) is 0 Å². The Hall–Kier alpha value is -2.87. The monoisotopic (exact) mass is 403 g/mol. The standard InChI is InChI=1S/C19H19ClFN5O2/c1-28-18-10-17(14(21)9-13(18)20)24-5-7-25(8-6-24)19(27)12-26-16-3-2-4-22-15(16)11-23-26/h2-4,9-11H,5-8,12H2,1H3. The third-order valence-corrected chi connectivity index (χ3v) is 5.19. The topological polar surface area (TPSA) is 63.5 Å². The summed E-state index contributed by atoms with van der Waals surface area (Å²) >= 11 is 5.97. The number of rotatable bonds is 4. The predicted molar refractivity (Wildman–Crippen MR) is 104 cm³/mol. The summed E-state index contributed by atoms with van der Waals surface area (Å²) in [6, 6.07) is 6.55. The van der Waals surface area contributed by atoms with Gasteiger partial charge in [0, 0.05) is 38.4 Å². The van der Waals surface area contributed by atoms with Gasteiger partial charge >= 0.3 is 0 Å². The molecule has 1 saturated heterocycles. The maximum absolute atomic E-state index is 14.3. The molecule has 1 aromatic carbocycles. The third-order valence-electron chi connectivity index (χ3n) is 4.89. The number of piperazine rings is 1. The van der Waals surface area contributed by atoms with Gasteiger partial charge in [-0.05, 0) is 18.2 Å². The Kier molecular flexibility index (Phi) is 5.04. The highest BCUT2D eigenvalue weighted by atomic mass is 35.5. The van der Waals surface area contributed by atoms with Crippen LogP contribution in [0, 0.1) is 5.82 Å². The highest BCUT2D eigenvalue weighted by Gasteiger charge is 2.24. The van der Waals surface area contributed by atoms with Gasteiger partial charge in [0.25, 0.3) is 0 Å². The first-order chi connectivity index (χ1) is 13.6. The summed E-state index contributed by atoms with van der Waals surface area (Å²) in [5.41, 5.74) is 2.01. The van der Waals surface area contributed by atoms with E-state index in [1.165, 1.54) is 13.2 Å². The van der Waals surface area contributed by atoms with Crippen LogP contribution in [0.1, 0.15) is 0 Å². The van der Waals surface area contributed by atoms with E-state index in [9.17, 15) is 9.18 Å². The lowest BCUT2D eigenvalue weighted by molar-refractivity contribution is -0.132. The van der Waals surface area contributed by atoms with E-state index in [0.29, 0.717) is 37.6 Å².